The summed E-state index contributed by atoms with van der Waals surface area (Å²) in [5.41, 5.74) is 2.78. The number of benzene rings is 1. The third kappa shape index (κ3) is 3.27. The third-order valence-corrected chi connectivity index (χ3v) is 3.21. The number of nitrogens with zero attached hydrogens (tertiary/aromatic N) is 1. The maximum absolute atomic E-state index is 11.8. The zero-order valence-electron chi connectivity index (χ0n) is 11.8. The van der Waals surface area contributed by atoms with Crippen LogP contribution in [0, 0.1) is 0 Å². The quantitative estimate of drug-likeness (QED) is 0.759. The molecule has 1 aromatic heterocycles. The highest BCUT2D eigenvalue weighted by molar-refractivity contribution is 5.87. The van der Waals surface area contributed by atoms with Crippen molar-refractivity contribution in [1.82, 2.24) is 4.57 Å². The molecule has 0 fully saturated rings. The molecule has 2 rings (SSSR count). The predicted octanol–water partition coefficient (Wildman–Crippen LogP) is 2.51. The van der Waals surface area contributed by atoms with Crippen LogP contribution in [0.3, 0.4) is 0 Å². The second-order valence-corrected chi connectivity index (χ2v) is 4.52. The molecule has 1 heterocycles. The van der Waals surface area contributed by atoms with Gasteiger partial charge in [-0.05, 0) is 17.7 Å². The largest absolute Gasteiger partial charge is 0.464 e. The van der Waals surface area contributed by atoms with Crippen molar-refractivity contribution < 1.29 is 14.3 Å². The van der Waals surface area contributed by atoms with Crippen molar-refractivity contribution in [2.75, 3.05) is 20.8 Å². The molecule has 0 saturated heterocycles. The first kappa shape index (κ1) is 14.3. The molecule has 0 atom stereocenters. The highest BCUT2D eigenvalue weighted by atomic mass is 16.5. The van der Waals surface area contributed by atoms with E-state index in [0.717, 1.165) is 17.7 Å². The Bertz CT molecular complexity index is 560. The van der Waals surface area contributed by atoms with Gasteiger partial charge < -0.3 is 14.0 Å². The molecule has 0 saturated carbocycles. The molecule has 2 aromatic rings. The zero-order valence-corrected chi connectivity index (χ0v) is 11.8. The maximum Gasteiger partial charge on any atom is 0.354 e. The molecule has 0 aliphatic rings. The Labute approximate surface area is 118 Å². The first-order valence-electron chi connectivity index (χ1n) is 6.56. The van der Waals surface area contributed by atoms with Gasteiger partial charge in [-0.2, -0.15) is 0 Å². The lowest BCUT2D eigenvalue weighted by Gasteiger charge is -2.12. The first-order chi connectivity index (χ1) is 9.76. The van der Waals surface area contributed by atoms with E-state index in [0.29, 0.717) is 18.8 Å². The van der Waals surface area contributed by atoms with Gasteiger partial charge in [-0.3, -0.25) is 0 Å². The fourth-order valence-electron chi connectivity index (χ4n) is 2.17. The van der Waals surface area contributed by atoms with Gasteiger partial charge in [0.15, 0.2) is 0 Å². The minimum absolute atomic E-state index is 0.315. The lowest BCUT2D eigenvalue weighted by molar-refractivity contribution is 0.0588. The second-order valence-electron chi connectivity index (χ2n) is 4.52. The van der Waals surface area contributed by atoms with Crippen molar-refractivity contribution in [1.29, 1.82) is 0 Å². The smallest absolute Gasteiger partial charge is 0.354 e. The van der Waals surface area contributed by atoms with Crippen LogP contribution in [0.25, 0.3) is 0 Å². The van der Waals surface area contributed by atoms with E-state index in [4.69, 9.17) is 9.47 Å². The van der Waals surface area contributed by atoms with Gasteiger partial charge in [-0.25, -0.2) is 4.79 Å². The van der Waals surface area contributed by atoms with E-state index in [9.17, 15) is 4.79 Å². The molecular weight excluding hydrogens is 254 g/mol. The van der Waals surface area contributed by atoms with Crippen molar-refractivity contribution in [3.05, 3.63) is 59.4 Å². The lowest BCUT2D eigenvalue weighted by atomic mass is 10.2. The highest BCUT2D eigenvalue weighted by Gasteiger charge is 2.15. The summed E-state index contributed by atoms with van der Waals surface area (Å²) in [6, 6.07) is 13.8. The SMILES string of the molecule is COCCc1ccc(C(=O)OC)n1Cc1ccccc1. The van der Waals surface area contributed by atoms with Crippen LogP contribution in [0.15, 0.2) is 42.5 Å². The summed E-state index contributed by atoms with van der Waals surface area (Å²) in [6.07, 6.45) is 0.764. The Morgan fingerprint density at radius 2 is 1.85 bits per heavy atom. The van der Waals surface area contributed by atoms with Gasteiger partial charge in [-0.15, -0.1) is 0 Å². The maximum atomic E-state index is 11.8. The number of carbonyl (C=O) groups excluding carboxylic acids is 1. The van der Waals surface area contributed by atoms with Crippen molar-refractivity contribution in [3.8, 4) is 0 Å². The molecule has 1 aromatic carbocycles. The fourth-order valence-corrected chi connectivity index (χ4v) is 2.17. The van der Waals surface area contributed by atoms with Crippen molar-refractivity contribution in [2.24, 2.45) is 0 Å². The summed E-state index contributed by atoms with van der Waals surface area (Å²) in [4.78, 5) is 11.8. The number of methoxy groups -OCH3 is 2. The Hall–Kier alpha value is -2.07. The van der Waals surface area contributed by atoms with E-state index < -0.39 is 0 Å². The zero-order chi connectivity index (χ0) is 14.4. The van der Waals surface area contributed by atoms with Gasteiger partial charge in [-0.1, -0.05) is 30.3 Å². The molecule has 20 heavy (non-hydrogen) atoms. The molecule has 0 aliphatic carbocycles. The summed E-state index contributed by atoms with van der Waals surface area (Å²) in [7, 11) is 3.07. The topological polar surface area (TPSA) is 40.5 Å². The fraction of sp³-hybridized carbons (Fsp3) is 0.312. The Morgan fingerprint density at radius 3 is 2.50 bits per heavy atom. The van der Waals surface area contributed by atoms with Gasteiger partial charge in [0, 0.05) is 25.8 Å². The number of hydrogen-bond acceptors (Lipinski definition) is 3. The highest BCUT2D eigenvalue weighted by Crippen LogP contribution is 2.14. The molecule has 0 aliphatic heterocycles. The Balaban J connectivity index is 2.30. The van der Waals surface area contributed by atoms with Crippen LogP contribution in [-0.4, -0.2) is 31.4 Å². The van der Waals surface area contributed by atoms with Crippen molar-refractivity contribution >= 4 is 5.97 Å². The molecule has 0 radical (unpaired) electrons. The van der Waals surface area contributed by atoms with E-state index in [-0.39, 0.29) is 5.97 Å². The van der Waals surface area contributed by atoms with Gasteiger partial charge >= 0.3 is 5.97 Å². The van der Waals surface area contributed by atoms with Gasteiger partial charge in [0.25, 0.3) is 0 Å². The van der Waals surface area contributed by atoms with Crippen LogP contribution < -0.4 is 0 Å². The Morgan fingerprint density at radius 1 is 1.10 bits per heavy atom. The predicted molar refractivity (Wildman–Crippen MR) is 76.9 cm³/mol. The average molecular weight is 273 g/mol. The molecule has 4 heteroatoms. The molecule has 0 amide bonds. The van der Waals surface area contributed by atoms with E-state index in [1.165, 1.54) is 7.11 Å². The summed E-state index contributed by atoms with van der Waals surface area (Å²) in [6.45, 7) is 1.27. The van der Waals surface area contributed by atoms with E-state index in [1.54, 1.807) is 13.2 Å². The van der Waals surface area contributed by atoms with Gasteiger partial charge in [0.05, 0.1) is 13.7 Å². The first-order valence-corrected chi connectivity index (χ1v) is 6.56. The lowest BCUT2D eigenvalue weighted by Crippen LogP contribution is -2.14. The van der Waals surface area contributed by atoms with Crippen molar-refractivity contribution in [2.45, 2.75) is 13.0 Å². The van der Waals surface area contributed by atoms with Crippen molar-refractivity contribution in [3.63, 3.8) is 0 Å². The number of aromatic nitrogens is 1. The summed E-state index contributed by atoms with van der Waals surface area (Å²) < 4.78 is 11.9. The van der Waals surface area contributed by atoms with E-state index >= 15 is 0 Å². The van der Waals surface area contributed by atoms with Gasteiger partial charge in [0.1, 0.15) is 5.69 Å². The van der Waals surface area contributed by atoms with E-state index in [1.807, 2.05) is 41.0 Å². The molecule has 0 N–H and O–H groups in total. The van der Waals surface area contributed by atoms with Crippen LogP contribution in [0.4, 0.5) is 0 Å². The monoisotopic (exact) mass is 273 g/mol. The minimum atomic E-state index is -0.315. The van der Waals surface area contributed by atoms with Crippen LogP contribution in [0.5, 0.6) is 0 Å². The van der Waals surface area contributed by atoms with E-state index in [2.05, 4.69) is 0 Å². The second kappa shape index (κ2) is 6.91. The molecule has 0 unspecified atom stereocenters. The number of hydrogen-bond donors (Lipinski definition) is 0. The molecule has 0 bridgehead atoms. The average Bonchev–Trinajstić information content (AvgIpc) is 2.88. The van der Waals surface area contributed by atoms with Crippen LogP contribution in [-0.2, 0) is 22.4 Å². The summed E-state index contributed by atoms with van der Waals surface area (Å²) in [5.74, 6) is -0.315. The summed E-state index contributed by atoms with van der Waals surface area (Å²) >= 11 is 0. The molecule has 4 nitrogen and oxygen atoms in total. The van der Waals surface area contributed by atoms with Crippen LogP contribution in [0.1, 0.15) is 21.7 Å². The van der Waals surface area contributed by atoms with Gasteiger partial charge in [0.2, 0.25) is 0 Å². The number of carbonyl (C=O) groups is 1. The number of ether oxygens (including phenoxy) is 2. The molecular formula is C16H19NO3. The summed E-state index contributed by atoms with van der Waals surface area (Å²) in [5, 5.41) is 0. The number of esters is 1. The third-order valence-electron chi connectivity index (χ3n) is 3.21. The molecule has 0 spiro atoms. The van der Waals surface area contributed by atoms with Crippen LogP contribution >= 0.6 is 0 Å². The minimum Gasteiger partial charge on any atom is -0.464 e. The van der Waals surface area contributed by atoms with Crippen LogP contribution in [0.2, 0.25) is 0 Å². The Kier molecular flexibility index (Phi) is 4.96. The standard InChI is InChI=1S/C16H19NO3/c1-19-11-10-14-8-9-15(16(18)20-2)17(14)12-13-6-4-3-5-7-13/h3-9H,10-12H2,1-2H3. The molecule has 106 valence electrons. The normalized spacial score (nSPS) is 10.5. The number of rotatable bonds is 6.